The number of hydrogen-bond donors (Lipinski definition) is 6. The largest absolute Gasteiger partial charge is 0.478 e. The molecule has 0 bridgehead atoms. The molecular formula is C73H87F4N7O8S. The summed E-state index contributed by atoms with van der Waals surface area (Å²) in [5, 5.41) is 38.7. The highest BCUT2D eigenvalue weighted by molar-refractivity contribution is 7.17. The van der Waals surface area contributed by atoms with E-state index in [-0.39, 0.29) is 119 Å². The number of carbonyl (C=O) groups is 5. The maximum absolute atomic E-state index is 16.5. The third kappa shape index (κ3) is 17.2. The molecule has 20 heteroatoms. The van der Waals surface area contributed by atoms with Gasteiger partial charge in [0, 0.05) is 80.8 Å². The summed E-state index contributed by atoms with van der Waals surface area (Å²) in [6.45, 7) is 18.0. The first kappa shape index (κ1) is 70.8. The van der Waals surface area contributed by atoms with Crippen LogP contribution in [0.15, 0.2) is 89.5 Å². The molecular weight excluding hydrogens is 1210 g/mol. The van der Waals surface area contributed by atoms with Gasteiger partial charge in [-0.05, 0) is 195 Å². The fraction of sp³-hybridized carbons (Fsp3) is 0.425. The molecule has 496 valence electrons. The number of nitrogens with two attached hydrogens (primary N) is 1. The molecule has 93 heavy (non-hydrogen) atoms. The number of aromatic carboxylic acids is 2. The lowest BCUT2D eigenvalue weighted by molar-refractivity contribution is 0.0683. The van der Waals surface area contributed by atoms with E-state index in [0.717, 1.165) is 57.8 Å². The van der Waals surface area contributed by atoms with Crippen LogP contribution in [0.2, 0.25) is 0 Å². The number of rotatable bonds is 34. The van der Waals surface area contributed by atoms with Crippen LogP contribution in [0, 0.1) is 50.0 Å². The second-order valence-electron chi connectivity index (χ2n) is 25.2. The van der Waals surface area contributed by atoms with Crippen molar-refractivity contribution in [2.45, 2.75) is 156 Å². The van der Waals surface area contributed by atoms with Crippen molar-refractivity contribution >= 4 is 52.8 Å². The molecule has 1 unspecified atom stereocenters. The summed E-state index contributed by atoms with van der Waals surface area (Å²) in [5.41, 5.74) is 9.99. The lowest BCUT2D eigenvalue weighted by Gasteiger charge is -2.35. The number of carbonyl (C=O) groups excluding carboxylic acids is 3. The summed E-state index contributed by atoms with van der Waals surface area (Å²) in [6.07, 6.45) is 4.45. The number of aldehydes is 1. The summed E-state index contributed by atoms with van der Waals surface area (Å²) in [5.74, 6) is -8.76. The molecule has 15 nitrogen and oxygen atoms in total. The standard InChI is InChI=1S/C73H87F4N7O8S/c1-10-21-83(22-11-2)69(86)56-26-43(7)27-57(71(88)89)68(56)81-67-45(9)63(58(59(78)34-48-32-53(76)36-54(77)33-48)40-80-73(19-20-73)62-37-55(82-92-62)25-42(5)6)65(72(90)91)64(66(67)70(87)84(23-12-3)24-13-4)50(18-17-46-30-51(74)35-52(75)31-46)39-79-38-47-15-14-16-49(29-47)60-28-44(8)61(41-85)93-60/h14-16,26-33,35-37,41-42,50,58-59,79-81H,10-13,17-25,34,38-40,78H2,1-9H3,(H,88,89)(H,90,91)/t50-,58?,59-/m0/s1. The molecule has 2 aromatic heterocycles. The van der Waals surface area contributed by atoms with E-state index in [1.165, 1.54) is 29.5 Å². The lowest BCUT2D eigenvalue weighted by Crippen LogP contribution is -2.42. The molecule has 1 aliphatic rings. The topological polar surface area (TPSA) is 220 Å². The van der Waals surface area contributed by atoms with Crippen LogP contribution in [0.3, 0.4) is 0 Å². The van der Waals surface area contributed by atoms with Crippen LogP contribution in [0.5, 0.6) is 0 Å². The van der Waals surface area contributed by atoms with Crippen LogP contribution in [-0.2, 0) is 31.3 Å². The summed E-state index contributed by atoms with van der Waals surface area (Å²) < 4.78 is 67.1. The lowest BCUT2D eigenvalue weighted by atomic mass is 9.75. The second-order valence-corrected chi connectivity index (χ2v) is 26.3. The second kappa shape index (κ2) is 31.7. The van der Waals surface area contributed by atoms with E-state index in [1.807, 2.05) is 71.0 Å². The van der Waals surface area contributed by atoms with E-state index >= 15 is 31.9 Å². The molecule has 2 amide bonds. The van der Waals surface area contributed by atoms with Gasteiger partial charge in [-0.3, -0.25) is 14.4 Å². The number of nitrogens with zero attached hydrogens (tertiary/aromatic N) is 3. The Balaban J connectivity index is 1.47. The zero-order valence-electron chi connectivity index (χ0n) is 54.7. The molecule has 5 aromatic carbocycles. The molecule has 7 aromatic rings. The van der Waals surface area contributed by atoms with Gasteiger partial charge in [0.2, 0.25) is 0 Å². The molecule has 2 heterocycles. The fourth-order valence-corrected chi connectivity index (χ4v) is 13.8. The van der Waals surface area contributed by atoms with Crippen molar-refractivity contribution in [3.63, 3.8) is 0 Å². The van der Waals surface area contributed by atoms with Crippen molar-refractivity contribution < 1.29 is 56.3 Å². The van der Waals surface area contributed by atoms with Gasteiger partial charge in [-0.2, -0.15) is 0 Å². The van der Waals surface area contributed by atoms with Gasteiger partial charge < -0.3 is 46.2 Å². The van der Waals surface area contributed by atoms with Gasteiger partial charge in [0.15, 0.2) is 12.0 Å². The first-order chi connectivity index (χ1) is 44.4. The number of anilines is 2. The molecule has 0 aliphatic heterocycles. The molecule has 1 aliphatic carbocycles. The van der Waals surface area contributed by atoms with Gasteiger partial charge in [-0.1, -0.05) is 64.9 Å². The molecule has 3 atom stereocenters. The van der Waals surface area contributed by atoms with Crippen LogP contribution >= 0.6 is 11.3 Å². The molecule has 0 spiro atoms. The number of hydrogen-bond acceptors (Lipinski definition) is 12. The molecule has 1 saturated carbocycles. The van der Waals surface area contributed by atoms with Crippen molar-refractivity contribution in [2.24, 2.45) is 11.7 Å². The zero-order chi connectivity index (χ0) is 67.4. The smallest absolute Gasteiger partial charge is 0.337 e. The number of carboxylic acids is 2. The summed E-state index contributed by atoms with van der Waals surface area (Å²) in [7, 11) is 0. The van der Waals surface area contributed by atoms with E-state index in [2.05, 4.69) is 35.0 Å². The Kier molecular flexibility index (Phi) is 24.2. The number of thiophene rings is 1. The van der Waals surface area contributed by atoms with Gasteiger partial charge >= 0.3 is 11.9 Å². The Labute approximate surface area is 546 Å². The van der Waals surface area contributed by atoms with E-state index < -0.39 is 70.4 Å². The Morgan fingerprint density at radius 1 is 0.710 bits per heavy atom. The number of carboxylic acid groups (broad SMARTS) is 2. The maximum Gasteiger partial charge on any atom is 0.337 e. The van der Waals surface area contributed by atoms with Crippen molar-refractivity contribution in [3.05, 3.63) is 191 Å². The van der Waals surface area contributed by atoms with Gasteiger partial charge in [-0.15, -0.1) is 11.3 Å². The highest BCUT2D eigenvalue weighted by Crippen LogP contribution is 2.49. The quantitative estimate of drug-likeness (QED) is 0.0163. The molecule has 0 saturated heterocycles. The fourth-order valence-electron chi connectivity index (χ4n) is 12.8. The Morgan fingerprint density at radius 2 is 1.31 bits per heavy atom. The number of halogens is 4. The van der Waals surface area contributed by atoms with E-state index in [9.17, 15) is 19.8 Å². The third-order valence-electron chi connectivity index (χ3n) is 17.3. The van der Waals surface area contributed by atoms with E-state index in [4.69, 9.17) is 10.3 Å². The minimum Gasteiger partial charge on any atom is -0.478 e. The molecule has 1 fully saturated rings. The maximum atomic E-state index is 16.5. The summed E-state index contributed by atoms with van der Waals surface area (Å²) in [6, 6.07) is 19.5. The average molecular weight is 1300 g/mol. The Hall–Kier alpha value is -8.04. The van der Waals surface area contributed by atoms with Crippen molar-refractivity contribution in [1.29, 1.82) is 0 Å². The predicted octanol–water partition coefficient (Wildman–Crippen LogP) is 15.0. The van der Waals surface area contributed by atoms with Crippen LogP contribution in [0.25, 0.3) is 10.4 Å². The third-order valence-corrected chi connectivity index (χ3v) is 18.5. The number of aromatic nitrogens is 1. The Morgan fingerprint density at radius 3 is 1.87 bits per heavy atom. The van der Waals surface area contributed by atoms with Crippen LogP contribution in [0.1, 0.15) is 205 Å². The number of benzene rings is 5. The molecule has 7 N–H and O–H groups in total. The summed E-state index contributed by atoms with van der Waals surface area (Å²) >= 11 is 1.35. The average Bonchev–Trinajstić information content (AvgIpc) is 1.13. The SMILES string of the molecule is CCCN(CCC)C(=O)c1cc(C)cc(C(=O)O)c1Nc1c(C)c(C(CNC2(c3cc(CC(C)C)no3)CC2)[C@@H](N)Cc2cc(F)cc(F)c2)c(C(=O)O)c([C@@H](CCc2cc(F)cc(F)c2)CNCc2cccc(-c3cc(C)c(C=O)s3)c2)c1C(=O)N(CCC)CCC. The highest BCUT2D eigenvalue weighted by atomic mass is 32.1. The van der Waals surface area contributed by atoms with Gasteiger partial charge in [-0.25, -0.2) is 27.2 Å². The zero-order valence-corrected chi connectivity index (χ0v) is 55.5. The normalized spacial score (nSPS) is 13.6. The molecule has 0 radical (unpaired) electrons. The van der Waals surface area contributed by atoms with Crippen molar-refractivity contribution in [1.82, 2.24) is 25.6 Å². The minimum absolute atomic E-state index is 0.0134. The monoisotopic (exact) mass is 1300 g/mol. The number of amides is 2. The van der Waals surface area contributed by atoms with Gasteiger partial charge in [0.25, 0.3) is 11.8 Å². The van der Waals surface area contributed by atoms with E-state index in [0.29, 0.717) is 74.2 Å². The van der Waals surface area contributed by atoms with E-state index in [1.54, 1.807) is 29.7 Å². The van der Waals surface area contributed by atoms with Crippen LogP contribution in [0.4, 0.5) is 28.9 Å². The van der Waals surface area contributed by atoms with Crippen molar-refractivity contribution in [2.75, 3.05) is 44.6 Å². The Bertz CT molecular complexity index is 3790. The van der Waals surface area contributed by atoms with Gasteiger partial charge in [0.1, 0.15) is 23.3 Å². The van der Waals surface area contributed by atoms with Crippen LogP contribution < -0.4 is 21.7 Å². The minimum atomic E-state index is -1.48. The number of nitrogens with one attached hydrogen (secondary N) is 3. The highest BCUT2D eigenvalue weighted by Gasteiger charge is 2.49. The predicted molar refractivity (Wildman–Crippen MR) is 356 cm³/mol. The number of aryl methyl sites for hydroxylation is 3. The van der Waals surface area contributed by atoms with Gasteiger partial charge in [0.05, 0.1) is 49.7 Å². The molecule has 8 rings (SSSR count). The van der Waals surface area contributed by atoms with Crippen molar-refractivity contribution in [3.8, 4) is 10.4 Å². The first-order valence-electron chi connectivity index (χ1n) is 32.3. The first-order valence-corrected chi connectivity index (χ1v) is 33.1. The van der Waals surface area contributed by atoms with Crippen LogP contribution in [-0.4, -0.2) is 101 Å². The summed E-state index contributed by atoms with van der Waals surface area (Å²) in [4.78, 5) is 77.5.